The third-order valence-electron chi connectivity index (χ3n) is 8.00. The standard InChI is InChI=1S/C28H48N12O3/c29-23(27(42)43)8-9-26(41)39-16-14-38(15-17-39)25-18-24(30)34-28(35-25)33-19-22-20-40(37-36-22)13-5-11-31-10-4-12-32-21-6-2-1-3-7-21/h18,20-21,23,31-32H,1-17,19,29H2,(H,42,43)(H3,30,33,34,35)/t23-/m0/s1. The van der Waals surface area contributed by atoms with E-state index in [1.54, 1.807) is 11.0 Å². The zero-order valence-corrected chi connectivity index (χ0v) is 25.1. The average Bonchev–Trinajstić information content (AvgIpc) is 3.48. The number of hydrogen-bond donors (Lipinski definition) is 6. The second-order valence-corrected chi connectivity index (χ2v) is 11.4. The van der Waals surface area contributed by atoms with Gasteiger partial charge in [-0.25, -0.2) is 0 Å². The van der Waals surface area contributed by atoms with Crippen molar-refractivity contribution in [1.82, 2.24) is 40.5 Å². The molecule has 0 spiro atoms. The van der Waals surface area contributed by atoms with E-state index in [0.29, 0.717) is 50.3 Å². The van der Waals surface area contributed by atoms with E-state index in [1.807, 2.05) is 15.8 Å². The van der Waals surface area contributed by atoms with E-state index in [-0.39, 0.29) is 18.7 Å². The summed E-state index contributed by atoms with van der Waals surface area (Å²) in [4.78, 5) is 36.0. The first-order chi connectivity index (χ1) is 20.9. The number of anilines is 3. The first-order valence-corrected chi connectivity index (χ1v) is 15.6. The van der Waals surface area contributed by atoms with Gasteiger partial charge in [0.05, 0.1) is 12.7 Å². The van der Waals surface area contributed by atoms with Gasteiger partial charge in [0, 0.05) is 51.3 Å². The average molecular weight is 601 g/mol. The first kappa shape index (κ1) is 32.4. The van der Waals surface area contributed by atoms with Crippen LogP contribution in [0.1, 0.15) is 63.5 Å². The Morgan fingerprint density at radius 3 is 2.58 bits per heavy atom. The van der Waals surface area contributed by atoms with E-state index >= 15 is 0 Å². The van der Waals surface area contributed by atoms with Crippen LogP contribution in [0, 0.1) is 0 Å². The highest BCUT2D eigenvalue weighted by atomic mass is 16.4. The molecule has 0 unspecified atom stereocenters. The van der Waals surface area contributed by atoms with Crippen molar-refractivity contribution in [2.24, 2.45) is 5.73 Å². The van der Waals surface area contributed by atoms with Crippen LogP contribution in [-0.2, 0) is 22.7 Å². The molecule has 4 rings (SSSR count). The van der Waals surface area contributed by atoms with Crippen molar-refractivity contribution in [2.75, 3.05) is 61.8 Å². The molecule has 0 radical (unpaired) electrons. The van der Waals surface area contributed by atoms with Crippen LogP contribution in [0.4, 0.5) is 17.6 Å². The zero-order valence-electron chi connectivity index (χ0n) is 25.1. The van der Waals surface area contributed by atoms with Gasteiger partial charge in [0.25, 0.3) is 0 Å². The number of carboxylic acids is 1. The first-order valence-electron chi connectivity index (χ1n) is 15.6. The number of aryl methyl sites for hydroxylation is 1. The normalized spacial score (nSPS) is 16.8. The molecule has 1 saturated heterocycles. The summed E-state index contributed by atoms with van der Waals surface area (Å²) < 4.78 is 1.85. The minimum atomic E-state index is -1.10. The highest BCUT2D eigenvalue weighted by Gasteiger charge is 2.24. The molecule has 2 aliphatic rings. The number of carboxylic acid groups (broad SMARTS) is 1. The summed E-state index contributed by atoms with van der Waals surface area (Å²) in [5, 5.41) is 27.8. The Bertz CT molecular complexity index is 1150. The number of nitrogens with zero attached hydrogens (tertiary/aromatic N) is 7. The lowest BCUT2D eigenvalue weighted by Gasteiger charge is -2.35. The Labute approximate surface area is 253 Å². The van der Waals surface area contributed by atoms with Gasteiger partial charge < -0.3 is 42.3 Å². The van der Waals surface area contributed by atoms with Crippen molar-refractivity contribution in [3.8, 4) is 0 Å². The molecule has 0 aromatic carbocycles. The lowest BCUT2D eigenvalue weighted by atomic mass is 9.95. The van der Waals surface area contributed by atoms with Crippen LogP contribution in [0.3, 0.4) is 0 Å². The maximum absolute atomic E-state index is 12.5. The Balaban J connectivity index is 1.12. The number of rotatable bonds is 17. The molecule has 8 N–H and O–H groups in total. The molecule has 0 bridgehead atoms. The Kier molecular flexibility index (Phi) is 12.7. The molecule has 1 saturated carbocycles. The molecule has 1 atom stereocenters. The Morgan fingerprint density at radius 1 is 1.05 bits per heavy atom. The molecular weight excluding hydrogens is 552 g/mol. The van der Waals surface area contributed by atoms with Gasteiger partial charge in [-0.15, -0.1) is 5.10 Å². The second kappa shape index (κ2) is 16.9. The largest absolute Gasteiger partial charge is 0.480 e. The van der Waals surface area contributed by atoms with Crippen LogP contribution in [0.25, 0.3) is 0 Å². The molecule has 2 fully saturated rings. The number of nitrogens with two attached hydrogens (primary N) is 2. The van der Waals surface area contributed by atoms with Crippen LogP contribution in [0.5, 0.6) is 0 Å². The fourth-order valence-electron chi connectivity index (χ4n) is 5.45. The van der Waals surface area contributed by atoms with E-state index in [4.69, 9.17) is 16.6 Å². The topological polar surface area (TPSA) is 205 Å². The molecule has 3 heterocycles. The van der Waals surface area contributed by atoms with Gasteiger partial charge in [0.1, 0.15) is 23.4 Å². The van der Waals surface area contributed by atoms with Gasteiger partial charge in [0.15, 0.2) is 0 Å². The molecular formula is C28H48N12O3. The summed E-state index contributed by atoms with van der Waals surface area (Å²) in [5.74, 6) is 0.223. The van der Waals surface area contributed by atoms with Crippen LogP contribution in [0.15, 0.2) is 12.3 Å². The number of nitrogen functional groups attached to an aromatic ring is 1. The molecule has 2 aromatic rings. The third-order valence-corrected chi connectivity index (χ3v) is 8.00. The van der Waals surface area contributed by atoms with E-state index in [2.05, 4.69) is 36.2 Å². The number of aliphatic carboxylic acids is 1. The number of amides is 1. The minimum Gasteiger partial charge on any atom is -0.480 e. The van der Waals surface area contributed by atoms with Crippen LogP contribution < -0.4 is 32.3 Å². The van der Waals surface area contributed by atoms with Crippen molar-refractivity contribution in [2.45, 2.75) is 83.0 Å². The molecule has 43 heavy (non-hydrogen) atoms. The quantitative estimate of drug-likeness (QED) is 0.136. The van der Waals surface area contributed by atoms with Crippen molar-refractivity contribution < 1.29 is 14.7 Å². The Morgan fingerprint density at radius 2 is 1.81 bits per heavy atom. The smallest absolute Gasteiger partial charge is 0.320 e. The van der Waals surface area contributed by atoms with Gasteiger partial charge in [-0.3, -0.25) is 14.3 Å². The van der Waals surface area contributed by atoms with E-state index in [0.717, 1.165) is 50.8 Å². The fraction of sp³-hybridized carbons (Fsp3) is 0.714. The second-order valence-electron chi connectivity index (χ2n) is 11.4. The fourth-order valence-corrected chi connectivity index (χ4v) is 5.45. The van der Waals surface area contributed by atoms with Gasteiger partial charge in [-0.2, -0.15) is 9.97 Å². The molecule has 15 nitrogen and oxygen atoms in total. The highest BCUT2D eigenvalue weighted by molar-refractivity contribution is 5.78. The van der Waals surface area contributed by atoms with E-state index in [9.17, 15) is 9.59 Å². The van der Waals surface area contributed by atoms with Crippen molar-refractivity contribution in [3.63, 3.8) is 0 Å². The predicted molar refractivity (Wildman–Crippen MR) is 164 cm³/mol. The molecule has 1 aliphatic carbocycles. The lowest BCUT2D eigenvalue weighted by molar-refractivity contribution is -0.139. The SMILES string of the molecule is Nc1cc(N2CCN(C(=O)CC[C@H](N)C(=O)O)CC2)nc(NCc2cn(CCCNCCCNC3CCCCC3)nn2)n1. The zero-order chi connectivity index (χ0) is 30.4. The van der Waals surface area contributed by atoms with Crippen molar-refractivity contribution in [1.29, 1.82) is 0 Å². The predicted octanol–water partition coefficient (Wildman–Crippen LogP) is 0.395. The summed E-state index contributed by atoms with van der Waals surface area (Å²) in [7, 11) is 0. The summed E-state index contributed by atoms with van der Waals surface area (Å²) >= 11 is 0. The lowest BCUT2D eigenvalue weighted by Crippen LogP contribution is -2.49. The van der Waals surface area contributed by atoms with Gasteiger partial charge in [-0.1, -0.05) is 24.5 Å². The van der Waals surface area contributed by atoms with Gasteiger partial charge in [-0.05, 0) is 51.7 Å². The minimum absolute atomic E-state index is 0.0946. The third kappa shape index (κ3) is 10.9. The molecule has 238 valence electrons. The highest BCUT2D eigenvalue weighted by Crippen LogP contribution is 2.19. The number of carbonyl (C=O) groups excluding carboxylic acids is 1. The van der Waals surface area contributed by atoms with Crippen molar-refractivity contribution in [3.05, 3.63) is 18.0 Å². The summed E-state index contributed by atoms with van der Waals surface area (Å²) in [6, 6.07) is 1.41. The molecule has 2 aromatic heterocycles. The van der Waals surface area contributed by atoms with Gasteiger partial charge >= 0.3 is 5.97 Å². The van der Waals surface area contributed by atoms with Crippen LogP contribution in [-0.4, -0.2) is 105 Å². The number of hydrogen-bond acceptors (Lipinski definition) is 12. The summed E-state index contributed by atoms with van der Waals surface area (Å²) in [6.07, 6.45) is 11.1. The van der Waals surface area contributed by atoms with Crippen LogP contribution in [0.2, 0.25) is 0 Å². The maximum atomic E-state index is 12.5. The summed E-state index contributed by atoms with van der Waals surface area (Å²) in [5.41, 5.74) is 12.4. The number of carbonyl (C=O) groups is 2. The van der Waals surface area contributed by atoms with Crippen LogP contribution >= 0.6 is 0 Å². The number of nitrogens with one attached hydrogen (secondary N) is 3. The number of aromatic nitrogens is 5. The van der Waals surface area contributed by atoms with Crippen molar-refractivity contribution >= 4 is 29.5 Å². The number of piperazine rings is 1. The monoisotopic (exact) mass is 600 g/mol. The summed E-state index contributed by atoms with van der Waals surface area (Å²) in [6.45, 7) is 6.41. The molecule has 15 heteroatoms. The molecule has 1 aliphatic heterocycles. The van der Waals surface area contributed by atoms with E-state index < -0.39 is 12.0 Å². The maximum Gasteiger partial charge on any atom is 0.320 e. The Hall–Kier alpha value is -3.56. The van der Waals surface area contributed by atoms with E-state index in [1.165, 1.54) is 32.1 Å². The molecule has 1 amide bonds. The van der Waals surface area contributed by atoms with Gasteiger partial charge in [0.2, 0.25) is 11.9 Å².